The number of carbonyl (C=O) groups excluding carboxylic acids is 1. The molecule has 0 fully saturated rings. The third kappa shape index (κ3) is 2.44. The maximum atomic E-state index is 13.0. The second-order valence-corrected chi connectivity index (χ2v) is 5.80. The Morgan fingerprint density at radius 2 is 1.24 bits per heavy atom. The van der Waals surface area contributed by atoms with Crippen molar-refractivity contribution >= 4 is 22.6 Å². The lowest BCUT2D eigenvalue weighted by Gasteiger charge is -2.08. The third-order valence-corrected chi connectivity index (χ3v) is 4.33. The van der Waals surface area contributed by atoms with Crippen LogP contribution in [0, 0.1) is 10.1 Å². The van der Waals surface area contributed by atoms with Gasteiger partial charge in [-0.3, -0.25) is 14.9 Å². The maximum absolute atomic E-state index is 13.0. The molecule has 0 amide bonds. The highest BCUT2D eigenvalue weighted by molar-refractivity contribution is 6.41. The standard InChI is InChI=1S/C21H13NO3/c23-21-17-12-11-16(22(24)25)13-18(17)19(14-7-3-1-4-8-14)20(21)15-9-5-2-6-10-15/h1-13H. The zero-order valence-electron chi connectivity index (χ0n) is 13.2. The van der Waals surface area contributed by atoms with Crippen molar-refractivity contribution in [3.05, 3.63) is 111 Å². The first-order valence-electron chi connectivity index (χ1n) is 7.85. The number of allylic oxidation sites excluding steroid dienone is 1. The Labute approximate surface area is 144 Å². The first-order chi connectivity index (χ1) is 12.2. The Balaban J connectivity index is 2.04. The van der Waals surface area contributed by atoms with Crippen molar-refractivity contribution in [2.75, 3.05) is 0 Å². The van der Waals surface area contributed by atoms with Gasteiger partial charge >= 0.3 is 0 Å². The molecule has 0 bridgehead atoms. The minimum Gasteiger partial charge on any atom is -0.289 e. The number of hydrogen-bond acceptors (Lipinski definition) is 3. The molecule has 3 aromatic carbocycles. The molecule has 0 aliphatic heterocycles. The normalized spacial score (nSPS) is 13.0. The highest BCUT2D eigenvalue weighted by Gasteiger charge is 2.32. The quantitative estimate of drug-likeness (QED) is 0.515. The average molecular weight is 327 g/mol. The number of benzene rings is 3. The Hall–Kier alpha value is -3.53. The van der Waals surface area contributed by atoms with Gasteiger partial charge in [-0.1, -0.05) is 60.7 Å². The molecule has 25 heavy (non-hydrogen) atoms. The lowest BCUT2D eigenvalue weighted by Crippen LogP contribution is -1.98. The van der Waals surface area contributed by atoms with Crippen LogP contribution < -0.4 is 0 Å². The van der Waals surface area contributed by atoms with E-state index in [4.69, 9.17) is 0 Å². The van der Waals surface area contributed by atoms with Crippen LogP contribution in [0.1, 0.15) is 27.0 Å². The van der Waals surface area contributed by atoms with Gasteiger partial charge in [-0.25, -0.2) is 0 Å². The molecule has 0 radical (unpaired) electrons. The van der Waals surface area contributed by atoms with Crippen LogP contribution in [0.15, 0.2) is 78.9 Å². The summed E-state index contributed by atoms with van der Waals surface area (Å²) in [5.74, 6) is -0.102. The summed E-state index contributed by atoms with van der Waals surface area (Å²) in [5.41, 5.74) is 4.11. The van der Waals surface area contributed by atoms with Gasteiger partial charge in [0.1, 0.15) is 0 Å². The van der Waals surface area contributed by atoms with Crippen LogP contribution in [0.3, 0.4) is 0 Å². The van der Waals surface area contributed by atoms with E-state index in [1.165, 1.54) is 12.1 Å². The zero-order chi connectivity index (χ0) is 17.4. The molecule has 0 spiro atoms. The van der Waals surface area contributed by atoms with Crippen LogP contribution in [0.5, 0.6) is 0 Å². The largest absolute Gasteiger partial charge is 0.289 e. The van der Waals surface area contributed by atoms with E-state index >= 15 is 0 Å². The number of ketones is 1. The van der Waals surface area contributed by atoms with Crippen LogP contribution in [0.4, 0.5) is 5.69 Å². The summed E-state index contributed by atoms with van der Waals surface area (Å²) in [5, 5.41) is 11.2. The van der Waals surface area contributed by atoms with Gasteiger partial charge in [0, 0.05) is 34.4 Å². The van der Waals surface area contributed by atoms with E-state index in [1.807, 2.05) is 60.7 Å². The molecule has 120 valence electrons. The summed E-state index contributed by atoms with van der Waals surface area (Å²) in [6, 6.07) is 23.4. The fourth-order valence-electron chi connectivity index (χ4n) is 3.22. The second kappa shape index (κ2) is 5.83. The minimum absolute atomic E-state index is 0.0192. The molecule has 1 aliphatic carbocycles. The Morgan fingerprint density at radius 3 is 1.80 bits per heavy atom. The molecule has 0 N–H and O–H groups in total. The van der Waals surface area contributed by atoms with Gasteiger partial charge in [-0.05, 0) is 17.2 Å². The fraction of sp³-hybridized carbons (Fsp3) is 0. The highest BCUT2D eigenvalue weighted by Crippen LogP contribution is 2.43. The molecular weight excluding hydrogens is 314 g/mol. The molecular formula is C21H13NO3. The van der Waals surface area contributed by atoms with Crippen LogP contribution in [0.2, 0.25) is 0 Å². The van der Waals surface area contributed by atoms with Gasteiger partial charge in [0.15, 0.2) is 5.78 Å². The van der Waals surface area contributed by atoms with E-state index in [2.05, 4.69) is 0 Å². The summed E-state index contributed by atoms with van der Waals surface area (Å²) in [6.45, 7) is 0. The summed E-state index contributed by atoms with van der Waals surface area (Å²) in [7, 11) is 0. The number of Topliss-reactive ketones (excluding diaryl/α,β-unsaturated/α-hetero) is 1. The van der Waals surface area contributed by atoms with Crippen LogP contribution >= 0.6 is 0 Å². The lowest BCUT2D eigenvalue weighted by molar-refractivity contribution is -0.384. The van der Waals surface area contributed by atoms with Gasteiger partial charge in [0.25, 0.3) is 5.69 Å². The lowest BCUT2D eigenvalue weighted by atomic mass is 9.94. The number of fused-ring (bicyclic) bond motifs is 1. The van der Waals surface area contributed by atoms with Gasteiger partial charge < -0.3 is 0 Å². The number of non-ortho nitro benzene ring substituents is 1. The maximum Gasteiger partial charge on any atom is 0.270 e. The minimum atomic E-state index is -0.437. The topological polar surface area (TPSA) is 60.2 Å². The molecule has 3 aromatic rings. The van der Waals surface area contributed by atoms with Crippen LogP contribution in [0.25, 0.3) is 11.1 Å². The Bertz CT molecular complexity index is 1020. The van der Waals surface area contributed by atoms with E-state index in [0.717, 1.165) is 16.7 Å². The predicted octanol–water partition coefficient (Wildman–Crippen LogP) is 4.75. The number of nitro groups is 1. The van der Waals surface area contributed by atoms with Gasteiger partial charge in [0.2, 0.25) is 0 Å². The first-order valence-corrected chi connectivity index (χ1v) is 7.85. The van der Waals surface area contributed by atoms with Crippen molar-refractivity contribution in [3.8, 4) is 0 Å². The smallest absolute Gasteiger partial charge is 0.270 e. The molecule has 0 atom stereocenters. The summed E-state index contributed by atoms with van der Waals surface area (Å²) >= 11 is 0. The molecule has 1 aliphatic rings. The monoisotopic (exact) mass is 327 g/mol. The number of nitro benzene ring substituents is 1. The summed E-state index contributed by atoms with van der Waals surface area (Å²) in [6.07, 6.45) is 0. The molecule has 4 rings (SSSR count). The van der Waals surface area contributed by atoms with Crippen LogP contribution in [-0.4, -0.2) is 10.7 Å². The van der Waals surface area contributed by atoms with Crippen molar-refractivity contribution < 1.29 is 9.72 Å². The van der Waals surface area contributed by atoms with E-state index in [-0.39, 0.29) is 11.5 Å². The van der Waals surface area contributed by atoms with Crippen molar-refractivity contribution in [1.29, 1.82) is 0 Å². The number of rotatable bonds is 3. The average Bonchev–Trinajstić information content (AvgIpc) is 2.95. The molecule has 0 unspecified atom stereocenters. The van der Waals surface area contributed by atoms with E-state index in [9.17, 15) is 14.9 Å². The number of carbonyl (C=O) groups is 1. The molecule has 0 aromatic heterocycles. The third-order valence-electron chi connectivity index (χ3n) is 4.33. The van der Waals surface area contributed by atoms with Gasteiger partial charge in [-0.2, -0.15) is 0 Å². The van der Waals surface area contributed by atoms with Crippen molar-refractivity contribution in [1.82, 2.24) is 0 Å². The van der Waals surface area contributed by atoms with Crippen molar-refractivity contribution in [2.45, 2.75) is 0 Å². The molecule has 0 saturated heterocycles. The van der Waals surface area contributed by atoms with Crippen molar-refractivity contribution in [3.63, 3.8) is 0 Å². The second-order valence-electron chi connectivity index (χ2n) is 5.80. The number of hydrogen-bond donors (Lipinski definition) is 0. The molecule has 4 heteroatoms. The van der Waals surface area contributed by atoms with Crippen molar-refractivity contribution in [2.24, 2.45) is 0 Å². The predicted molar refractivity (Wildman–Crippen MR) is 96.2 cm³/mol. The van der Waals surface area contributed by atoms with E-state index in [0.29, 0.717) is 16.7 Å². The SMILES string of the molecule is O=C1C(c2ccccc2)=C(c2ccccc2)c2cc([N+](=O)[O-])ccc21. The van der Waals surface area contributed by atoms with E-state index in [1.54, 1.807) is 6.07 Å². The summed E-state index contributed by atoms with van der Waals surface area (Å²) < 4.78 is 0. The molecule has 0 saturated carbocycles. The Morgan fingerprint density at radius 1 is 0.680 bits per heavy atom. The summed E-state index contributed by atoms with van der Waals surface area (Å²) in [4.78, 5) is 23.8. The molecule has 0 heterocycles. The van der Waals surface area contributed by atoms with Crippen LogP contribution in [-0.2, 0) is 0 Å². The fourth-order valence-corrected chi connectivity index (χ4v) is 3.22. The number of nitrogens with zero attached hydrogens (tertiary/aromatic N) is 1. The van der Waals surface area contributed by atoms with Gasteiger partial charge in [0.05, 0.1) is 4.92 Å². The zero-order valence-corrected chi connectivity index (χ0v) is 13.2. The highest BCUT2D eigenvalue weighted by atomic mass is 16.6. The van der Waals surface area contributed by atoms with Gasteiger partial charge in [-0.15, -0.1) is 0 Å². The molecule has 4 nitrogen and oxygen atoms in total. The first kappa shape index (κ1) is 15.0. The van der Waals surface area contributed by atoms with E-state index < -0.39 is 4.92 Å². The Kier molecular flexibility index (Phi) is 3.51.